The van der Waals surface area contributed by atoms with Gasteiger partial charge in [0.2, 0.25) is 13.5 Å². The molecule has 2 aliphatic heterocycles. The number of nitrogens with two attached hydrogens (primary N) is 4. The molecule has 0 aromatic carbocycles. The molecule has 1 unspecified atom stereocenters. The minimum absolute atomic E-state index is 0.0339. The first kappa shape index (κ1) is 30.7. The van der Waals surface area contributed by atoms with Crippen molar-refractivity contribution in [2.24, 2.45) is 34.2 Å². The molecule has 0 aliphatic carbocycles. The van der Waals surface area contributed by atoms with Crippen LogP contribution in [0.4, 0.5) is 0 Å². The standard InChI is InChI=1S/C22H50N6O7/c1-7-10-20(4,5)17(29)34-15-27(23,24)18-30-11-22(12-31-18)13-32-19(33-14-22)28(25,26)16-35-21(6,8-2)9-3/h17-19,29H,7-16,23-26H2,1-6H3/q+2. The van der Waals surface area contributed by atoms with E-state index >= 15 is 0 Å². The van der Waals surface area contributed by atoms with Gasteiger partial charge in [0, 0.05) is 5.41 Å². The van der Waals surface area contributed by atoms with E-state index in [0.29, 0.717) is 0 Å². The van der Waals surface area contributed by atoms with Crippen molar-refractivity contribution in [2.75, 3.05) is 39.9 Å². The Morgan fingerprint density at radius 1 is 0.857 bits per heavy atom. The predicted octanol–water partition coefficient (Wildman–Crippen LogP) is 0.434. The smallest absolute Gasteiger partial charge is 0.347 e. The van der Waals surface area contributed by atoms with Crippen LogP contribution in [0, 0.1) is 10.8 Å². The SMILES string of the molecule is CCCC(C)(C)C(O)OC[N+](N)(N)C1OCC2(CO1)COC([N+](N)(N)COC(C)(CC)CC)OC2. The highest BCUT2D eigenvalue weighted by Crippen LogP contribution is 2.33. The average Bonchev–Trinajstić information content (AvgIpc) is 2.81. The molecule has 13 nitrogen and oxygen atoms in total. The highest BCUT2D eigenvalue weighted by atomic mass is 16.8. The number of aliphatic hydroxyl groups is 1. The van der Waals surface area contributed by atoms with Crippen LogP contribution in [-0.2, 0) is 28.4 Å². The molecule has 1 spiro atoms. The van der Waals surface area contributed by atoms with Crippen LogP contribution in [0.15, 0.2) is 0 Å². The second-order valence-electron chi connectivity index (χ2n) is 11.2. The Kier molecular flexibility index (Phi) is 10.4. The second kappa shape index (κ2) is 11.9. The number of nitrogens with zero attached hydrogens (tertiary/aromatic N) is 2. The fraction of sp³-hybridized carbons (Fsp3) is 1.00. The molecule has 2 rings (SSSR count). The zero-order valence-corrected chi connectivity index (χ0v) is 22.4. The minimum Gasteiger partial charge on any atom is -0.367 e. The van der Waals surface area contributed by atoms with E-state index < -0.39 is 39.4 Å². The van der Waals surface area contributed by atoms with Crippen LogP contribution in [0.5, 0.6) is 0 Å². The number of hydrogen-bond donors (Lipinski definition) is 5. The quantitative estimate of drug-likeness (QED) is 0.100. The molecule has 2 saturated heterocycles. The van der Waals surface area contributed by atoms with Gasteiger partial charge in [-0.1, -0.05) is 41.0 Å². The Morgan fingerprint density at radius 2 is 1.29 bits per heavy atom. The van der Waals surface area contributed by atoms with Gasteiger partial charge in [-0.3, -0.25) is 4.74 Å². The third kappa shape index (κ3) is 7.98. The number of ether oxygens (including phenoxy) is 6. The van der Waals surface area contributed by atoms with Crippen LogP contribution in [0.2, 0.25) is 0 Å². The van der Waals surface area contributed by atoms with Crippen molar-refractivity contribution in [1.29, 1.82) is 0 Å². The molecule has 1 atom stereocenters. The third-order valence-electron chi connectivity index (χ3n) is 7.06. The van der Waals surface area contributed by atoms with Gasteiger partial charge in [-0.25, -0.2) is 0 Å². The van der Waals surface area contributed by atoms with E-state index in [4.69, 9.17) is 51.8 Å². The van der Waals surface area contributed by atoms with Crippen molar-refractivity contribution < 1.29 is 42.9 Å². The van der Waals surface area contributed by atoms with E-state index in [-0.39, 0.29) is 45.5 Å². The maximum atomic E-state index is 10.4. The Labute approximate surface area is 209 Å². The minimum atomic E-state index is -1.03. The highest BCUT2D eigenvalue weighted by Gasteiger charge is 2.51. The molecule has 9 N–H and O–H groups in total. The van der Waals surface area contributed by atoms with E-state index in [0.717, 1.165) is 25.7 Å². The zero-order chi connectivity index (χ0) is 26.5. The largest absolute Gasteiger partial charge is 0.367 e. The molecular weight excluding hydrogens is 460 g/mol. The molecule has 0 radical (unpaired) electrons. The normalized spacial score (nSPS) is 27.9. The first-order valence-corrected chi connectivity index (χ1v) is 12.4. The van der Waals surface area contributed by atoms with Crippen LogP contribution in [0.1, 0.15) is 67.2 Å². The van der Waals surface area contributed by atoms with Crippen LogP contribution >= 0.6 is 0 Å². The lowest BCUT2D eigenvalue weighted by Gasteiger charge is -2.46. The summed E-state index contributed by atoms with van der Waals surface area (Å²) >= 11 is 0. The Bertz CT molecular complexity index is 644. The molecule has 2 heterocycles. The molecule has 0 saturated carbocycles. The Balaban J connectivity index is 1.84. The van der Waals surface area contributed by atoms with Gasteiger partial charge in [0.15, 0.2) is 6.29 Å². The summed E-state index contributed by atoms with van der Waals surface area (Å²) in [6, 6.07) is 0. The fourth-order valence-corrected chi connectivity index (χ4v) is 3.93. The van der Waals surface area contributed by atoms with Gasteiger partial charge in [-0.15, -0.1) is 9.40 Å². The molecule has 0 amide bonds. The van der Waals surface area contributed by atoms with Crippen molar-refractivity contribution in [3.05, 3.63) is 0 Å². The lowest BCUT2D eigenvalue weighted by molar-refractivity contribution is -1.04. The van der Waals surface area contributed by atoms with Crippen LogP contribution in [0.25, 0.3) is 0 Å². The molecule has 208 valence electrons. The summed E-state index contributed by atoms with van der Waals surface area (Å²) in [4.78, 5) is 0. The number of rotatable bonds is 13. The molecule has 2 fully saturated rings. The topological polar surface area (TPSA) is 180 Å². The molecule has 35 heavy (non-hydrogen) atoms. The van der Waals surface area contributed by atoms with E-state index in [2.05, 4.69) is 13.8 Å². The van der Waals surface area contributed by atoms with Gasteiger partial charge < -0.3 is 28.8 Å². The molecule has 0 aromatic rings. The van der Waals surface area contributed by atoms with Crippen molar-refractivity contribution in [3.63, 3.8) is 0 Å². The van der Waals surface area contributed by atoms with E-state index in [1.54, 1.807) is 0 Å². The summed E-state index contributed by atoms with van der Waals surface area (Å²) in [5.74, 6) is 24.8. The second-order valence-corrected chi connectivity index (χ2v) is 11.2. The van der Waals surface area contributed by atoms with E-state index in [1.807, 2.05) is 27.7 Å². The third-order valence-corrected chi connectivity index (χ3v) is 7.06. The van der Waals surface area contributed by atoms with E-state index in [1.165, 1.54) is 0 Å². The number of aliphatic hydroxyl groups excluding tert-OH is 1. The molecule has 0 bridgehead atoms. The van der Waals surface area contributed by atoms with Crippen LogP contribution in [-0.4, -0.2) is 79.1 Å². The van der Waals surface area contributed by atoms with Crippen LogP contribution < -0.4 is 23.4 Å². The first-order chi connectivity index (χ1) is 16.1. The van der Waals surface area contributed by atoms with Crippen molar-refractivity contribution >= 4 is 0 Å². The summed E-state index contributed by atoms with van der Waals surface area (Å²) in [6.45, 7) is 12.8. The Hall–Kier alpha value is -0.520. The van der Waals surface area contributed by atoms with Gasteiger partial charge in [0.25, 0.3) is 0 Å². The first-order valence-electron chi connectivity index (χ1n) is 12.4. The van der Waals surface area contributed by atoms with Gasteiger partial charge in [0.1, 0.15) is 0 Å². The zero-order valence-electron chi connectivity index (χ0n) is 22.4. The highest BCUT2D eigenvalue weighted by molar-refractivity contribution is 4.82. The lowest BCUT2D eigenvalue weighted by Crippen LogP contribution is -2.73. The summed E-state index contributed by atoms with van der Waals surface area (Å²) in [7, 11) is 0. The molecule has 2 aliphatic rings. The van der Waals surface area contributed by atoms with Gasteiger partial charge in [0.05, 0.1) is 37.4 Å². The predicted molar refractivity (Wildman–Crippen MR) is 127 cm³/mol. The Morgan fingerprint density at radius 3 is 1.69 bits per heavy atom. The van der Waals surface area contributed by atoms with Crippen molar-refractivity contribution in [2.45, 2.75) is 91.9 Å². The van der Waals surface area contributed by atoms with Gasteiger partial charge >= 0.3 is 12.8 Å². The van der Waals surface area contributed by atoms with Gasteiger partial charge in [-0.2, -0.15) is 23.4 Å². The number of quaternary nitrogens is 2. The van der Waals surface area contributed by atoms with Crippen molar-refractivity contribution in [1.82, 2.24) is 0 Å². The summed E-state index contributed by atoms with van der Waals surface area (Å²) < 4.78 is 33.6. The molecular formula is C22H50N6O7+2. The summed E-state index contributed by atoms with van der Waals surface area (Å²) in [6.07, 6.45) is 0.469. The maximum absolute atomic E-state index is 10.4. The van der Waals surface area contributed by atoms with Crippen molar-refractivity contribution in [3.8, 4) is 0 Å². The van der Waals surface area contributed by atoms with E-state index in [9.17, 15) is 5.11 Å². The van der Waals surface area contributed by atoms with Gasteiger partial charge in [-0.05, 0) is 26.2 Å². The lowest BCUT2D eigenvalue weighted by atomic mass is 9.87. The maximum Gasteiger partial charge on any atom is 0.347 e. The monoisotopic (exact) mass is 510 g/mol. The van der Waals surface area contributed by atoms with Crippen LogP contribution in [0.3, 0.4) is 0 Å². The average molecular weight is 511 g/mol. The molecule has 0 aromatic heterocycles. The molecule has 13 heteroatoms. The fourth-order valence-electron chi connectivity index (χ4n) is 3.93. The number of hydrogen-bond acceptors (Lipinski definition) is 11. The summed E-state index contributed by atoms with van der Waals surface area (Å²) in [5.41, 5.74) is -1.31. The summed E-state index contributed by atoms with van der Waals surface area (Å²) in [5, 5.41) is 10.4.